The minimum absolute atomic E-state index is 0.0193. The molecule has 10 heteroatoms. The number of unbranched alkanes of at least 4 members (excludes halogenated alkanes) is 1. The van der Waals surface area contributed by atoms with E-state index in [0.717, 1.165) is 36.3 Å². The second kappa shape index (κ2) is 13.3. The van der Waals surface area contributed by atoms with E-state index < -0.39 is 10.8 Å². The molecule has 1 atom stereocenters. The van der Waals surface area contributed by atoms with E-state index in [2.05, 4.69) is 37.9 Å². The van der Waals surface area contributed by atoms with Gasteiger partial charge in [-0.15, -0.1) is 0 Å². The molecule has 0 radical (unpaired) electrons. The molecule has 2 aromatic rings. The third-order valence-corrected chi connectivity index (χ3v) is 12.7. The van der Waals surface area contributed by atoms with Gasteiger partial charge in [0.15, 0.2) is 11.6 Å². The first-order valence-corrected chi connectivity index (χ1v) is 19.0. The van der Waals surface area contributed by atoms with Gasteiger partial charge < -0.3 is 10.2 Å². The number of hydrogen-bond donors (Lipinski definition) is 1. The van der Waals surface area contributed by atoms with E-state index in [-0.39, 0.29) is 34.0 Å². The van der Waals surface area contributed by atoms with Gasteiger partial charge in [-0.1, -0.05) is 80.0 Å². The maximum Gasteiger partial charge on any atom is 0.269 e. The number of benzene rings is 2. The van der Waals surface area contributed by atoms with Crippen molar-refractivity contribution in [1.82, 2.24) is 0 Å². The molecule has 0 saturated carbocycles. The number of carbonyl (C=O) groups excluding carboxylic acids is 3. The highest BCUT2D eigenvalue weighted by Gasteiger charge is 2.49. The summed E-state index contributed by atoms with van der Waals surface area (Å²) >= 11 is 0. The number of nitrogens with one attached hydrogen (secondary N) is 1. The first kappa shape index (κ1) is 33.5. The SMILES string of the molecule is CC1(C)CC(=O)C2=C(C1)N(c1ccccc1NC(=O)CCCCC1CCSS1)C1=C(C(=O)CC(C)(C)C1)C2c1ccc([N+](=O)[O-])cc1. The predicted octanol–water partition coefficient (Wildman–Crippen LogP) is 9.14. The standard InChI is InChI=1S/C37H43N3O5S2/c1-36(2)19-28-34(30(41)21-36)33(23-13-15-24(16-14-23)40(44)45)35-29(20-37(3,4)22-31(35)42)39(28)27-11-7-6-10-26(27)38-32(43)12-8-5-9-25-17-18-46-47-25/h6-7,10-11,13-16,25,33H,5,8-9,12,17-22H2,1-4H3,(H,38,43). The monoisotopic (exact) mass is 673 g/mol. The highest BCUT2D eigenvalue weighted by atomic mass is 33.1. The summed E-state index contributed by atoms with van der Waals surface area (Å²) in [6, 6.07) is 14.0. The van der Waals surface area contributed by atoms with Crippen molar-refractivity contribution in [3.63, 3.8) is 0 Å². The van der Waals surface area contributed by atoms with Gasteiger partial charge in [-0.2, -0.15) is 0 Å². The number of nitro benzene ring substituents is 1. The van der Waals surface area contributed by atoms with Crippen molar-refractivity contribution in [3.8, 4) is 0 Å². The molecule has 47 heavy (non-hydrogen) atoms. The number of nitrogens with zero attached hydrogens (tertiary/aromatic N) is 2. The van der Waals surface area contributed by atoms with Crippen molar-refractivity contribution in [2.75, 3.05) is 16.0 Å². The molecule has 1 saturated heterocycles. The number of anilines is 2. The van der Waals surface area contributed by atoms with E-state index in [4.69, 9.17) is 0 Å². The molecular weight excluding hydrogens is 631 g/mol. The van der Waals surface area contributed by atoms with Gasteiger partial charge in [0, 0.05) is 70.9 Å². The van der Waals surface area contributed by atoms with Crippen molar-refractivity contribution >= 4 is 56.1 Å². The summed E-state index contributed by atoms with van der Waals surface area (Å²) in [7, 11) is 3.90. The van der Waals surface area contributed by atoms with Crippen LogP contribution in [0.15, 0.2) is 71.1 Å². The molecular formula is C37H43N3O5S2. The van der Waals surface area contributed by atoms with Crippen molar-refractivity contribution in [3.05, 3.63) is 86.7 Å². The number of Topliss-reactive ketones (excluding diaryl/α,β-unsaturated/α-hetero) is 2. The summed E-state index contributed by atoms with van der Waals surface area (Å²) in [5.41, 5.74) is 4.25. The van der Waals surface area contributed by atoms with Crippen LogP contribution in [0.1, 0.15) is 97.0 Å². The van der Waals surface area contributed by atoms with E-state index in [9.17, 15) is 24.5 Å². The van der Waals surface area contributed by atoms with Gasteiger partial charge in [0.25, 0.3) is 5.69 Å². The summed E-state index contributed by atoms with van der Waals surface area (Å²) in [6.45, 7) is 8.35. The van der Waals surface area contributed by atoms with E-state index in [1.165, 1.54) is 24.3 Å². The number of para-hydroxylation sites is 2. The fraction of sp³-hybridized carbons (Fsp3) is 0.486. The van der Waals surface area contributed by atoms with Crippen molar-refractivity contribution in [2.45, 2.75) is 96.7 Å². The Kier molecular flexibility index (Phi) is 9.46. The summed E-state index contributed by atoms with van der Waals surface area (Å²) in [5.74, 6) is 0.514. The van der Waals surface area contributed by atoms with Crippen molar-refractivity contribution in [1.29, 1.82) is 0 Å². The van der Waals surface area contributed by atoms with E-state index in [1.54, 1.807) is 12.1 Å². The minimum Gasteiger partial charge on any atom is -0.324 e. The average molecular weight is 674 g/mol. The Morgan fingerprint density at radius 1 is 0.915 bits per heavy atom. The molecule has 4 aliphatic rings. The second-order valence-electron chi connectivity index (χ2n) is 14.9. The Balaban J connectivity index is 1.42. The Hall–Kier alpha value is -3.37. The van der Waals surface area contributed by atoms with Crippen LogP contribution in [-0.2, 0) is 14.4 Å². The van der Waals surface area contributed by atoms with Crippen LogP contribution in [0.2, 0.25) is 0 Å². The van der Waals surface area contributed by atoms with Gasteiger partial charge in [-0.25, -0.2) is 0 Å². The Morgan fingerprint density at radius 3 is 2.11 bits per heavy atom. The van der Waals surface area contributed by atoms with E-state index >= 15 is 0 Å². The summed E-state index contributed by atoms with van der Waals surface area (Å²) < 4.78 is 0. The number of nitro groups is 1. The molecule has 1 N–H and O–H groups in total. The quantitative estimate of drug-likeness (QED) is 0.121. The minimum atomic E-state index is -0.609. The first-order chi connectivity index (χ1) is 22.3. The lowest BCUT2D eigenvalue weighted by Crippen LogP contribution is -2.44. The van der Waals surface area contributed by atoms with Crippen LogP contribution in [0, 0.1) is 20.9 Å². The lowest BCUT2D eigenvalue weighted by Gasteiger charge is -2.49. The predicted molar refractivity (Wildman–Crippen MR) is 190 cm³/mol. The van der Waals surface area contributed by atoms with Crippen LogP contribution in [-0.4, -0.2) is 33.4 Å². The number of non-ortho nitro benzene ring substituents is 1. The van der Waals surface area contributed by atoms with Crippen LogP contribution < -0.4 is 10.2 Å². The van der Waals surface area contributed by atoms with Gasteiger partial charge in [-0.3, -0.25) is 24.5 Å². The van der Waals surface area contributed by atoms with E-state index in [1.807, 2.05) is 45.9 Å². The average Bonchev–Trinajstić information content (AvgIpc) is 3.51. The summed E-state index contributed by atoms with van der Waals surface area (Å²) in [5, 5.41) is 15.3. The zero-order valence-electron chi connectivity index (χ0n) is 27.6. The molecule has 6 rings (SSSR count). The molecule has 2 aromatic carbocycles. The summed E-state index contributed by atoms with van der Waals surface area (Å²) in [4.78, 5) is 54.8. The largest absolute Gasteiger partial charge is 0.324 e. The topological polar surface area (TPSA) is 110 Å². The van der Waals surface area contributed by atoms with Crippen LogP contribution in [0.4, 0.5) is 17.1 Å². The zero-order valence-corrected chi connectivity index (χ0v) is 29.2. The first-order valence-electron chi connectivity index (χ1n) is 16.6. The third kappa shape index (κ3) is 7.09. The molecule has 2 heterocycles. The molecule has 2 aliphatic heterocycles. The number of ketones is 2. The Bertz CT molecular complexity index is 1620. The molecule has 1 amide bonds. The second-order valence-corrected chi connectivity index (χ2v) is 17.6. The number of rotatable bonds is 9. The van der Waals surface area contributed by atoms with Crippen molar-refractivity contribution in [2.24, 2.45) is 10.8 Å². The number of hydrogen-bond acceptors (Lipinski definition) is 8. The van der Waals surface area contributed by atoms with Gasteiger partial charge in [-0.05, 0) is 60.6 Å². The molecule has 1 unspecified atom stereocenters. The highest BCUT2D eigenvalue weighted by molar-refractivity contribution is 8.77. The van der Waals surface area contributed by atoms with Gasteiger partial charge in [0.05, 0.1) is 16.3 Å². The molecule has 248 valence electrons. The molecule has 8 nitrogen and oxygen atoms in total. The van der Waals surface area contributed by atoms with E-state index in [0.29, 0.717) is 59.8 Å². The van der Waals surface area contributed by atoms with Gasteiger partial charge in [0.2, 0.25) is 5.91 Å². The fourth-order valence-electron chi connectivity index (χ4n) is 7.59. The highest BCUT2D eigenvalue weighted by Crippen LogP contribution is 2.56. The van der Waals surface area contributed by atoms with Crippen molar-refractivity contribution < 1.29 is 19.3 Å². The molecule has 0 spiro atoms. The van der Waals surface area contributed by atoms with Crippen LogP contribution in [0.3, 0.4) is 0 Å². The summed E-state index contributed by atoms with van der Waals surface area (Å²) in [6.07, 6.45) is 6.52. The molecule has 1 fully saturated rings. The third-order valence-electron chi connectivity index (χ3n) is 9.67. The van der Waals surface area contributed by atoms with Crippen LogP contribution in [0.25, 0.3) is 0 Å². The Morgan fingerprint density at radius 2 is 1.53 bits per heavy atom. The van der Waals surface area contributed by atoms with Gasteiger partial charge in [0.1, 0.15) is 0 Å². The number of amides is 1. The number of allylic oxidation sites excluding steroid dienone is 4. The van der Waals surface area contributed by atoms with Crippen LogP contribution in [0.5, 0.6) is 0 Å². The number of carbonyl (C=O) groups is 3. The Labute approximate surface area is 284 Å². The maximum absolute atomic E-state index is 14.2. The molecule has 0 bridgehead atoms. The van der Waals surface area contributed by atoms with Gasteiger partial charge >= 0.3 is 0 Å². The lowest BCUT2D eigenvalue weighted by molar-refractivity contribution is -0.384. The molecule has 2 aliphatic carbocycles. The fourth-order valence-corrected chi connectivity index (χ4v) is 10.6. The smallest absolute Gasteiger partial charge is 0.269 e. The maximum atomic E-state index is 14.2. The lowest BCUT2D eigenvalue weighted by atomic mass is 9.63. The van der Waals surface area contributed by atoms with Crippen LogP contribution >= 0.6 is 21.6 Å². The zero-order chi connectivity index (χ0) is 33.5. The normalized spacial score (nSPS) is 22.3. The molecule has 0 aromatic heterocycles.